The van der Waals surface area contributed by atoms with E-state index in [-0.39, 0.29) is 11.3 Å². The molecule has 35 heavy (non-hydrogen) atoms. The van der Waals surface area contributed by atoms with Gasteiger partial charge in [-0.05, 0) is 85.4 Å². The largest absolute Gasteiger partial charge is 0.487 e. The highest BCUT2D eigenvalue weighted by atomic mass is 16.5. The highest BCUT2D eigenvalue weighted by Gasteiger charge is 2.39. The van der Waals surface area contributed by atoms with E-state index in [0.29, 0.717) is 12.3 Å². The van der Waals surface area contributed by atoms with Crippen molar-refractivity contribution < 1.29 is 4.74 Å². The van der Waals surface area contributed by atoms with E-state index in [1.165, 1.54) is 24.1 Å². The summed E-state index contributed by atoms with van der Waals surface area (Å²) in [5.41, 5.74) is 4.58. The lowest BCUT2D eigenvalue weighted by atomic mass is 9.88. The van der Waals surface area contributed by atoms with Crippen molar-refractivity contribution in [3.05, 3.63) is 106 Å². The minimum atomic E-state index is -0.258. The van der Waals surface area contributed by atoms with Crippen LogP contribution in [0.1, 0.15) is 62.0 Å². The van der Waals surface area contributed by atoms with E-state index in [9.17, 15) is 5.26 Å². The van der Waals surface area contributed by atoms with Gasteiger partial charge in [0.15, 0.2) is 0 Å². The predicted molar refractivity (Wildman–Crippen MR) is 140 cm³/mol. The highest BCUT2D eigenvalue weighted by Crippen LogP contribution is 2.44. The van der Waals surface area contributed by atoms with Crippen LogP contribution in [-0.2, 0) is 4.74 Å². The van der Waals surface area contributed by atoms with Crippen molar-refractivity contribution in [1.29, 1.82) is 5.26 Å². The monoisotopic (exact) mass is 461 g/mol. The molecule has 1 spiro atoms. The van der Waals surface area contributed by atoms with E-state index in [0.717, 1.165) is 55.7 Å². The van der Waals surface area contributed by atoms with Crippen molar-refractivity contribution in [1.82, 2.24) is 0 Å². The molecule has 0 atom stereocenters. The number of piperidine rings is 1. The zero-order valence-corrected chi connectivity index (χ0v) is 20.1. The zero-order chi connectivity index (χ0) is 24.1. The maximum absolute atomic E-state index is 9.40. The lowest BCUT2D eigenvalue weighted by Gasteiger charge is -2.35. The van der Waals surface area contributed by atoms with Crippen molar-refractivity contribution in [3.8, 4) is 6.07 Å². The summed E-state index contributed by atoms with van der Waals surface area (Å²) < 4.78 is 6.41. The maximum atomic E-state index is 9.40. The molecule has 2 aromatic carbocycles. The Labute approximate surface area is 208 Å². The molecule has 1 saturated heterocycles. The Bertz CT molecular complexity index is 1190. The minimum Gasteiger partial charge on any atom is -0.487 e. The number of rotatable bonds is 4. The van der Waals surface area contributed by atoms with Crippen LogP contribution in [0.15, 0.2) is 83.8 Å². The van der Waals surface area contributed by atoms with Crippen LogP contribution in [0, 0.1) is 17.9 Å². The molecule has 0 aromatic heterocycles. The second-order valence-corrected chi connectivity index (χ2v) is 9.91. The van der Waals surface area contributed by atoms with Gasteiger partial charge >= 0.3 is 0 Å². The van der Waals surface area contributed by atoms with Crippen LogP contribution in [0.3, 0.4) is 0 Å². The first-order chi connectivity index (χ1) is 17.2. The van der Waals surface area contributed by atoms with Gasteiger partial charge in [-0.2, -0.15) is 0 Å². The summed E-state index contributed by atoms with van der Waals surface area (Å²) in [5.74, 6) is 1.40. The summed E-state index contributed by atoms with van der Waals surface area (Å²) in [5, 5.41) is 9.40. The molecule has 0 bridgehead atoms. The van der Waals surface area contributed by atoms with Gasteiger partial charge < -0.3 is 9.64 Å². The number of ether oxygens (including phenoxy) is 1. The fourth-order valence-electron chi connectivity index (χ4n) is 5.76. The van der Waals surface area contributed by atoms with Crippen molar-refractivity contribution in [3.63, 3.8) is 0 Å². The van der Waals surface area contributed by atoms with Gasteiger partial charge in [0.2, 0.25) is 0 Å². The van der Waals surface area contributed by atoms with Gasteiger partial charge in [0.25, 0.3) is 5.70 Å². The number of hydrogen-bond donors (Lipinski definition) is 0. The molecule has 2 aromatic rings. The molecule has 4 nitrogen and oxygen atoms in total. The molecule has 1 aliphatic carbocycles. The molecule has 0 amide bonds. The number of allylic oxidation sites excluding steroid dienone is 3. The summed E-state index contributed by atoms with van der Waals surface area (Å²) in [6, 6.07) is 21.7. The molecule has 2 heterocycles. The van der Waals surface area contributed by atoms with Crippen LogP contribution in [-0.4, -0.2) is 18.7 Å². The number of nitriles is 1. The summed E-state index contributed by atoms with van der Waals surface area (Å²) >= 11 is 0. The van der Waals surface area contributed by atoms with E-state index in [2.05, 4.69) is 76.5 Å². The van der Waals surface area contributed by atoms with E-state index < -0.39 is 0 Å². The average Bonchev–Trinajstić information content (AvgIpc) is 3.36. The van der Waals surface area contributed by atoms with Gasteiger partial charge in [0.1, 0.15) is 11.4 Å². The molecule has 0 N–H and O–H groups in total. The van der Waals surface area contributed by atoms with Crippen LogP contribution in [0.4, 0.5) is 5.69 Å². The van der Waals surface area contributed by atoms with E-state index in [1.54, 1.807) is 0 Å². The third kappa shape index (κ3) is 5.18. The summed E-state index contributed by atoms with van der Waals surface area (Å²) in [7, 11) is 0. The standard InChI is InChI=1S/C31H31N3O/c1-33-30(23-32)27-21-29(35-31(22-27)17-5-6-18-31)14-11-24-9-12-28(13-10-24)34-19-15-26(16-20-34)25-7-3-2-4-8-25/h2-4,7-14,21,26H,5-6,15-20,22H2. The van der Waals surface area contributed by atoms with Gasteiger partial charge in [0.05, 0.1) is 12.6 Å². The van der Waals surface area contributed by atoms with Crippen LogP contribution >= 0.6 is 0 Å². The summed E-state index contributed by atoms with van der Waals surface area (Å²) in [6.07, 6.45) is 13.2. The first kappa shape index (κ1) is 23.0. The Balaban J connectivity index is 1.26. The molecule has 2 fully saturated rings. The minimum absolute atomic E-state index is 0.186. The number of anilines is 1. The Hall–Kier alpha value is -3.76. The first-order valence-electron chi connectivity index (χ1n) is 12.7. The lowest BCUT2D eigenvalue weighted by molar-refractivity contribution is 0.00776. The molecule has 4 heteroatoms. The molecule has 5 rings (SSSR count). The molecular weight excluding hydrogens is 430 g/mol. The molecule has 176 valence electrons. The van der Waals surface area contributed by atoms with Crippen molar-refractivity contribution in [2.75, 3.05) is 18.0 Å². The van der Waals surface area contributed by atoms with Gasteiger partial charge in [-0.15, -0.1) is 0 Å². The van der Waals surface area contributed by atoms with Gasteiger partial charge in [0, 0.05) is 25.2 Å². The Kier molecular flexibility index (Phi) is 6.73. The van der Waals surface area contributed by atoms with E-state index in [1.807, 2.05) is 12.2 Å². The average molecular weight is 462 g/mol. The molecule has 1 saturated carbocycles. The topological polar surface area (TPSA) is 40.6 Å². The summed E-state index contributed by atoms with van der Waals surface area (Å²) in [4.78, 5) is 5.93. The van der Waals surface area contributed by atoms with Crippen molar-refractivity contribution in [2.45, 2.75) is 56.5 Å². The van der Waals surface area contributed by atoms with E-state index >= 15 is 0 Å². The number of nitrogens with zero attached hydrogens (tertiary/aromatic N) is 3. The van der Waals surface area contributed by atoms with E-state index in [4.69, 9.17) is 11.3 Å². The van der Waals surface area contributed by atoms with Gasteiger partial charge in [-0.3, -0.25) is 0 Å². The second kappa shape index (κ2) is 10.2. The number of benzene rings is 2. The molecular formula is C31H31N3O. The quantitative estimate of drug-likeness (QED) is 0.352. The van der Waals surface area contributed by atoms with Crippen molar-refractivity contribution >= 4 is 11.8 Å². The smallest absolute Gasteiger partial charge is 0.265 e. The Morgan fingerprint density at radius 2 is 1.74 bits per heavy atom. The van der Waals surface area contributed by atoms with Crippen LogP contribution < -0.4 is 4.90 Å². The molecule has 0 radical (unpaired) electrons. The Morgan fingerprint density at radius 3 is 2.40 bits per heavy atom. The SMILES string of the molecule is [C-]#[N+]C(C#N)=C1C=C(C=Cc2ccc(N3CCC(c4ccccc4)CC3)cc2)OC2(CCCC2)C1. The molecule has 3 aliphatic rings. The summed E-state index contributed by atoms with van der Waals surface area (Å²) in [6.45, 7) is 9.53. The third-order valence-electron chi connectivity index (χ3n) is 7.66. The fourth-order valence-corrected chi connectivity index (χ4v) is 5.76. The number of hydrogen-bond acceptors (Lipinski definition) is 3. The van der Waals surface area contributed by atoms with Gasteiger partial charge in [-0.25, -0.2) is 10.1 Å². The fraction of sp³-hybridized carbons (Fsp3) is 0.355. The zero-order valence-electron chi connectivity index (χ0n) is 20.1. The normalized spacial score (nSPS) is 21.3. The third-order valence-corrected chi connectivity index (χ3v) is 7.66. The van der Waals surface area contributed by atoms with Crippen LogP contribution in [0.25, 0.3) is 10.9 Å². The highest BCUT2D eigenvalue weighted by molar-refractivity contribution is 5.58. The Morgan fingerprint density at radius 1 is 1.03 bits per heavy atom. The first-order valence-corrected chi connectivity index (χ1v) is 12.7. The van der Waals surface area contributed by atoms with Gasteiger partial charge in [-0.1, -0.05) is 48.5 Å². The van der Waals surface area contributed by atoms with Crippen LogP contribution in [0.5, 0.6) is 0 Å². The predicted octanol–water partition coefficient (Wildman–Crippen LogP) is 7.40. The maximum Gasteiger partial charge on any atom is 0.265 e. The lowest BCUT2D eigenvalue weighted by Crippen LogP contribution is -2.32. The van der Waals surface area contributed by atoms with Crippen LogP contribution in [0.2, 0.25) is 0 Å². The van der Waals surface area contributed by atoms with Crippen molar-refractivity contribution in [2.24, 2.45) is 0 Å². The molecule has 0 unspecified atom stereocenters. The molecule has 2 aliphatic heterocycles. The second-order valence-electron chi connectivity index (χ2n) is 9.91.